The summed E-state index contributed by atoms with van der Waals surface area (Å²) in [4.78, 5) is 4.20. The number of anilines is 1. The van der Waals surface area contributed by atoms with E-state index in [0.29, 0.717) is 11.1 Å². The molecular formula is C10H13BrClN3O. The quantitative estimate of drug-likeness (QED) is 0.895. The molecular weight excluding hydrogens is 293 g/mol. The summed E-state index contributed by atoms with van der Waals surface area (Å²) in [6, 6.07) is 2.15. The maximum absolute atomic E-state index is 5.81. The summed E-state index contributed by atoms with van der Waals surface area (Å²) < 4.78 is 6.24. The number of hydrogen-bond donors (Lipinski definition) is 2. The molecule has 2 rings (SSSR count). The fourth-order valence-corrected chi connectivity index (χ4v) is 2.29. The summed E-state index contributed by atoms with van der Waals surface area (Å²) in [5.74, 6) is 0.803. The minimum Gasteiger partial charge on any atom is -0.378 e. The van der Waals surface area contributed by atoms with Gasteiger partial charge in [-0.05, 0) is 22.0 Å². The Hall–Kier alpha value is -0.360. The topological polar surface area (TPSA) is 46.2 Å². The van der Waals surface area contributed by atoms with Crippen LogP contribution in [0.25, 0.3) is 0 Å². The lowest BCUT2D eigenvalue weighted by Crippen LogP contribution is -2.45. The Balaban J connectivity index is 1.88. The van der Waals surface area contributed by atoms with E-state index >= 15 is 0 Å². The normalized spacial score (nSPS) is 20.8. The zero-order chi connectivity index (χ0) is 11.4. The smallest absolute Gasteiger partial charge is 0.140 e. The molecule has 0 aromatic carbocycles. The number of hydrogen-bond acceptors (Lipinski definition) is 4. The van der Waals surface area contributed by atoms with Crippen LogP contribution < -0.4 is 10.6 Å². The van der Waals surface area contributed by atoms with Gasteiger partial charge in [-0.3, -0.25) is 0 Å². The van der Waals surface area contributed by atoms with Crippen LogP contribution in [0.4, 0.5) is 5.82 Å². The minimum absolute atomic E-state index is 0.332. The lowest BCUT2D eigenvalue weighted by Gasteiger charge is -2.24. The van der Waals surface area contributed by atoms with Gasteiger partial charge in [0.1, 0.15) is 5.82 Å². The second kappa shape index (κ2) is 5.82. The maximum atomic E-state index is 5.81. The molecule has 2 N–H and O–H groups in total. The summed E-state index contributed by atoms with van der Waals surface area (Å²) in [5, 5.41) is 7.24. The highest BCUT2D eigenvalue weighted by Crippen LogP contribution is 2.22. The van der Waals surface area contributed by atoms with Crippen molar-refractivity contribution < 1.29 is 4.74 Å². The number of ether oxygens (including phenoxy) is 1. The van der Waals surface area contributed by atoms with Crippen LogP contribution in [-0.4, -0.2) is 37.3 Å². The first-order valence-corrected chi connectivity index (χ1v) is 6.29. The summed E-state index contributed by atoms with van der Waals surface area (Å²) in [6.07, 6.45) is 1.62. The van der Waals surface area contributed by atoms with Crippen molar-refractivity contribution in [3.05, 3.63) is 21.8 Å². The highest BCUT2D eigenvalue weighted by molar-refractivity contribution is 9.10. The first kappa shape index (κ1) is 12.1. The van der Waals surface area contributed by atoms with Gasteiger partial charge in [0.05, 0.1) is 22.7 Å². The van der Waals surface area contributed by atoms with Crippen LogP contribution >= 0.6 is 27.5 Å². The van der Waals surface area contributed by atoms with Crippen molar-refractivity contribution >= 4 is 33.3 Å². The molecule has 1 atom stereocenters. The average molecular weight is 307 g/mol. The van der Waals surface area contributed by atoms with Gasteiger partial charge in [-0.1, -0.05) is 11.6 Å². The van der Waals surface area contributed by atoms with E-state index in [1.54, 1.807) is 6.20 Å². The molecule has 1 aliphatic heterocycles. The van der Waals surface area contributed by atoms with Crippen LogP contribution in [0.15, 0.2) is 16.7 Å². The highest BCUT2D eigenvalue weighted by atomic mass is 79.9. The van der Waals surface area contributed by atoms with Gasteiger partial charge in [0.25, 0.3) is 0 Å². The van der Waals surface area contributed by atoms with Crippen LogP contribution in [-0.2, 0) is 4.74 Å². The summed E-state index contributed by atoms with van der Waals surface area (Å²) in [5.41, 5.74) is 0. The van der Waals surface area contributed by atoms with Crippen molar-refractivity contribution in [2.24, 2.45) is 0 Å². The molecule has 0 spiro atoms. The Bertz CT molecular complexity index is 358. The van der Waals surface area contributed by atoms with Crippen molar-refractivity contribution in [3.63, 3.8) is 0 Å². The van der Waals surface area contributed by atoms with Crippen molar-refractivity contribution in [3.8, 4) is 0 Å². The highest BCUT2D eigenvalue weighted by Gasteiger charge is 2.13. The number of nitrogens with zero attached hydrogens (tertiary/aromatic N) is 1. The molecule has 88 valence electrons. The molecule has 1 aromatic heterocycles. The summed E-state index contributed by atoms with van der Waals surface area (Å²) in [6.45, 7) is 3.21. The summed E-state index contributed by atoms with van der Waals surface area (Å²) >= 11 is 9.22. The van der Waals surface area contributed by atoms with Crippen LogP contribution in [0.5, 0.6) is 0 Å². The van der Waals surface area contributed by atoms with Gasteiger partial charge in [0.15, 0.2) is 0 Å². The van der Waals surface area contributed by atoms with Crippen molar-refractivity contribution in [2.45, 2.75) is 6.04 Å². The van der Waals surface area contributed by atoms with Gasteiger partial charge in [-0.2, -0.15) is 0 Å². The van der Waals surface area contributed by atoms with E-state index in [0.717, 1.165) is 36.6 Å². The molecule has 2 heterocycles. The van der Waals surface area contributed by atoms with E-state index in [1.165, 1.54) is 0 Å². The fraction of sp³-hybridized carbons (Fsp3) is 0.500. The SMILES string of the molecule is Clc1cnc(NCC2COCCN2)c(Br)c1. The molecule has 1 aliphatic rings. The van der Waals surface area contributed by atoms with Gasteiger partial charge in [-0.15, -0.1) is 0 Å². The van der Waals surface area contributed by atoms with Crippen molar-refractivity contribution in [1.82, 2.24) is 10.3 Å². The molecule has 0 bridgehead atoms. The second-order valence-corrected chi connectivity index (χ2v) is 4.88. The molecule has 0 radical (unpaired) electrons. The maximum Gasteiger partial charge on any atom is 0.140 e. The fourth-order valence-electron chi connectivity index (χ4n) is 1.52. The number of aromatic nitrogens is 1. The predicted octanol–water partition coefficient (Wildman–Crippen LogP) is 1.90. The van der Waals surface area contributed by atoms with Crippen LogP contribution in [0.3, 0.4) is 0 Å². The van der Waals surface area contributed by atoms with E-state index < -0.39 is 0 Å². The molecule has 0 amide bonds. The Morgan fingerprint density at radius 1 is 1.69 bits per heavy atom. The molecule has 16 heavy (non-hydrogen) atoms. The predicted molar refractivity (Wildman–Crippen MR) is 68.0 cm³/mol. The number of nitrogens with one attached hydrogen (secondary N) is 2. The summed E-state index contributed by atoms with van der Waals surface area (Å²) in [7, 11) is 0. The zero-order valence-electron chi connectivity index (χ0n) is 8.67. The number of rotatable bonds is 3. The first-order valence-electron chi connectivity index (χ1n) is 5.12. The molecule has 1 saturated heterocycles. The van der Waals surface area contributed by atoms with Gasteiger partial charge >= 0.3 is 0 Å². The van der Waals surface area contributed by atoms with Crippen molar-refractivity contribution in [2.75, 3.05) is 31.6 Å². The van der Waals surface area contributed by atoms with Gasteiger partial charge < -0.3 is 15.4 Å². The van der Waals surface area contributed by atoms with E-state index in [2.05, 4.69) is 31.5 Å². The van der Waals surface area contributed by atoms with Crippen LogP contribution in [0, 0.1) is 0 Å². The molecule has 0 aliphatic carbocycles. The molecule has 6 heteroatoms. The van der Waals surface area contributed by atoms with Crippen LogP contribution in [0.2, 0.25) is 5.02 Å². The molecule has 1 unspecified atom stereocenters. The number of morpholine rings is 1. The minimum atomic E-state index is 0.332. The van der Waals surface area contributed by atoms with Gasteiger partial charge in [0, 0.05) is 25.3 Å². The average Bonchev–Trinajstić information content (AvgIpc) is 2.29. The Kier molecular flexibility index (Phi) is 4.40. The largest absolute Gasteiger partial charge is 0.378 e. The lowest BCUT2D eigenvalue weighted by molar-refractivity contribution is 0.0806. The molecule has 1 fully saturated rings. The van der Waals surface area contributed by atoms with Crippen LogP contribution in [0.1, 0.15) is 0 Å². The first-order chi connectivity index (χ1) is 7.75. The van der Waals surface area contributed by atoms with E-state index in [1.807, 2.05) is 6.07 Å². The number of halogens is 2. The van der Waals surface area contributed by atoms with Crippen molar-refractivity contribution in [1.29, 1.82) is 0 Å². The molecule has 1 aromatic rings. The van der Waals surface area contributed by atoms with E-state index in [4.69, 9.17) is 16.3 Å². The Morgan fingerprint density at radius 3 is 3.25 bits per heavy atom. The van der Waals surface area contributed by atoms with Gasteiger partial charge in [0.2, 0.25) is 0 Å². The third-order valence-corrected chi connectivity index (χ3v) is 3.13. The zero-order valence-corrected chi connectivity index (χ0v) is 11.0. The Labute approximate surface area is 108 Å². The van der Waals surface area contributed by atoms with E-state index in [-0.39, 0.29) is 0 Å². The molecule has 4 nitrogen and oxygen atoms in total. The second-order valence-electron chi connectivity index (χ2n) is 3.59. The standard InChI is InChI=1S/C10H13BrClN3O/c11-9-3-7(12)4-14-10(9)15-5-8-6-16-2-1-13-8/h3-4,8,13H,1-2,5-6H2,(H,14,15). The monoisotopic (exact) mass is 305 g/mol. The Morgan fingerprint density at radius 2 is 2.56 bits per heavy atom. The van der Waals surface area contributed by atoms with E-state index in [9.17, 15) is 0 Å². The third kappa shape index (κ3) is 3.31. The molecule has 0 saturated carbocycles. The number of pyridine rings is 1. The lowest BCUT2D eigenvalue weighted by atomic mass is 10.3. The van der Waals surface area contributed by atoms with Gasteiger partial charge in [-0.25, -0.2) is 4.98 Å². The third-order valence-electron chi connectivity index (χ3n) is 2.32.